The molecule has 0 fully saturated rings. The molecule has 0 radical (unpaired) electrons. The summed E-state index contributed by atoms with van der Waals surface area (Å²) in [6.45, 7) is 2.27. The van der Waals surface area contributed by atoms with Gasteiger partial charge in [0, 0.05) is 17.3 Å². The van der Waals surface area contributed by atoms with Gasteiger partial charge in [-0.3, -0.25) is 0 Å². The predicted molar refractivity (Wildman–Crippen MR) is 64.9 cm³/mol. The van der Waals surface area contributed by atoms with E-state index in [-0.39, 0.29) is 0 Å². The molecular formula is C12H21NS. The number of nitrogens with one attached hydrogen (secondary N) is 1. The van der Waals surface area contributed by atoms with Crippen LogP contribution in [-0.2, 0) is 0 Å². The van der Waals surface area contributed by atoms with E-state index in [4.69, 9.17) is 0 Å². The molecule has 0 unspecified atom stereocenters. The van der Waals surface area contributed by atoms with Crippen LogP contribution in [0.1, 0.15) is 45.4 Å². The zero-order chi connectivity index (χ0) is 10.1. The summed E-state index contributed by atoms with van der Waals surface area (Å²) >= 11 is 1.96. The van der Waals surface area contributed by atoms with E-state index in [2.05, 4.69) is 24.2 Å². The lowest BCUT2D eigenvalue weighted by atomic mass is 10.1. The van der Waals surface area contributed by atoms with Crippen LogP contribution in [0, 0.1) is 0 Å². The van der Waals surface area contributed by atoms with Crippen LogP contribution in [0.25, 0.3) is 0 Å². The summed E-state index contributed by atoms with van der Waals surface area (Å²) in [5.74, 6) is 1.27. The fraction of sp³-hybridized carbons (Fsp3) is 0.667. The van der Waals surface area contributed by atoms with Crippen LogP contribution in [0.2, 0.25) is 0 Å². The fourth-order valence-electron chi connectivity index (χ4n) is 1.47. The molecule has 0 aliphatic heterocycles. The number of hydrogen-bond donors (Lipinski definition) is 1. The molecule has 0 aliphatic carbocycles. The molecule has 0 atom stereocenters. The van der Waals surface area contributed by atoms with Crippen LogP contribution < -0.4 is 0 Å². The summed E-state index contributed by atoms with van der Waals surface area (Å²) in [4.78, 5) is 4.45. The monoisotopic (exact) mass is 211 g/mol. The van der Waals surface area contributed by atoms with Crippen molar-refractivity contribution in [1.29, 1.82) is 0 Å². The standard InChI is InChI=1S/C12H21NS/c1-2-3-4-5-6-7-10-14-12-8-9-13-11-12/h8-9,11,13H,2-7,10H2,1H3. The average Bonchev–Trinajstić information content (AvgIpc) is 2.69. The van der Waals surface area contributed by atoms with Crippen molar-refractivity contribution in [2.45, 2.75) is 50.3 Å². The third-order valence-electron chi connectivity index (χ3n) is 2.34. The lowest BCUT2D eigenvalue weighted by molar-refractivity contribution is 0.627. The number of rotatable bonds is 8. The molecule has 2 heteroatoms. The summed E-state index contributed by atoms with van der Waals surface area (Å²) in [5, 5.41) is 0. The van der Waals surface area contributed by atoms with Gasteiger partial charge >= 0.3 is 0 Å². The summed E-state index contributed by atoms with van der Waals surface area (Å²) in [6, 6.07) is 2.14. The van der Waals surface area contributed by atoms with Crippen LogP contribution in [0.4, 0.5) is 0 Å². The van der Waals surface area contributed by atoms with E-state index in [1.807, 2.05) is 18.0 Å². The zero-order valence-corrected chi connectivity index (χ0v) is 9.91. The second kappa shape index (κ2) is 7.98. The Hall–Kier alpha value is -0.370. The molecule has 0 saturated heterocycles. The normalized spacial score (nSPS) is 10.6. The van der Waals surface area contributed by atoms with E-state index in [0.29, 0.717) is 0 Å². The SMILES string of the molecule is CCCCCCCCSc1cc[nH]c1. The van der Waals surface area contributed by atoms with Gasteiger partial charge < -0.3 is 4.98 Å². The van der Waals surface area contributed by atoms with Crippen LogP contribution in [-0.4, -0.2) is 10.7 Å². The minimum Gasteiger partial charge on any atom is -0.367 e. The quantitative estimate of drug-likeness (QED) is 0.495. The van der Waals surface area contributed by atoms with Crippen LogP contribution in [0.5, 0.6) is 0 Å². The first-order valence-corrected chi connectivity index (χ1v) is 6.67. The summed E-state index contributed by atoms with van der Waals surface area (Å²) < 4.78 is 0. The second-order valence-corrected chi connectivity index (χ2v) is 4.83. The van der Waals surface area contributed by atoms with Crippen LogP contribution in [0.15, 0.2) is 23.4 Å². The van der Waals surface area contributed by atoms with Crippen molar-refractivity contribution in [3.8, 4) is 0 Å². The van der Waals surface area contributed by atoms with Gasteiger partial charge in [0.2, 0.25) is 0 Å². The first kappa shape index (κ1) is 11.7. The first-order valence-electron chi connectivity index (χ1n) is 5.69. The Morgan fingerprint density at radius 3 is 2.64 bits per heavy atom. The van der Waals surface area contributed by atoms with Gasteiger partial charge in [0.1, 0.15) is 0 Å². The summed E-state index contributed by atoms with van der Waals surface area (Å²) in [5.41, 5.74) is 0. The number of aromatic amines is 1. The molecule has 0 amide bonds. The lowest BCUT2D eigenvalue weighted by Gasteiger charge is -1.99. The third kappa shape index (κ3) is 5.38. The molecule has 1 heterocycles. The largest absolute Gasteiger partial charge is 0.367 e. The minimum absolute atomic E-state index is 1.27. The molecule has 1 nitrogen and oxygen atoms in total. The highest BCUT2D eigenvalue weighted by Gasteiger charge is 1.93. The Kier molecular flexibility index (Phi) is 6.67. The van der Waals surface area contributed by atoms with Crippen molar-refractivity contribution >= 4 is 11.8 Å². The zero-order valence-electron chi connectivity index (χ0n) is 9.09. The molecule has 0 aromatic carbocycles. The van der Waals surface area contributed by atoms with Crippen molar-refractivity contribution in [3.05, 3.63) is 18.5 Å². The van der Waals surface area contributed by atoms with Gasteiger partial charge in [-0.1, -0.05) is 39.0 Å². The van der Waals surface area contributed by atoms with Crippen LogP contribution in [0.3, 0.4) is 0 Å². The highest BCUT2D eigenvalue weighted by Crippen LogP contribution is 2.18. The number of unbranched alkanes of at least 4 members (excludes halogenated alkanes) is 5. The van der Waals surface area contributed by atoms with Gasteiger partial charge in [0.05, 0.1) is 0 Å². The van der Waals surface area contributed by atoms with E-state index < -0.39 is 0 Å². The van der Waals surface area contributed by atoms with E-state index in [9.17, 15) is 0 Å². The van der Waals surface area contributed by atoms with Crippen molar-refractivity contribution in [1.82, 2.24) is 4.98 Å². The van der Waals surface area contributed by atoms with Crippen molar-refractivity contribution in [2.24, 2.45) is 0 Å². The Balaban J connectivity index is 1.85. The molecule has 0 bridgehead atoms. The molecule has 0 spiro atoms. The maximum absolute atomic E-state index is 3.08. The van der Waals surface area contributed by atoms with E-state index in [0.717, 1.165) is 0 Å². The fourth-order valence-corrected chi connectivity index (χ4v) is 2.37. The molecular weight excluding hydrogens is 190 g/mol. The second-order valence-electron chi connectivity index (χ2n) is 3.66. The predicted octanol–water partition coefficient (Wildman–Crippen LogP) is 4.47. The molecule has 1 aromatic heterocycles. The van der Waals surface area contributed by atoms with Gasteiger partial charge in [0.25, 0.3) is 0 Å². The van der Waals surface area contributed by atoms with Crippen molar-refractivity contribution in [2.75, 3.05) is 5.75 Å². The van der Waals surface area contributed by atoms with E-state index in [1.165, 1.54) is 49.2 Å². The van der Waals surface area contributed by atoms with Crippen molar-refractivity contribution < 1.29 is 0 Å². The van der Waals surface area contributed by atoms with Crippen molar-refractivity contribution in [3.63, 3.8) is 0 Å². The van der Waals surface area contributed by atoms with Gasteiger partial charge in [-0.25, -0.2) is 0 Å². The minimum atomic E-state index is 1.27. The molecule has 1 N–H and O–H groups in total. The summed E-state index contributed by atoms with van der Waals surface area (Å²) in [7, 11) is 0. The maximum atomic E-state index is 3.08. The molecule has 0 saturated carbocycles. The molecule has 0 aliphatic rings. The molecule has 1 aromatic rings. The average molecular weight is 211 g/mol. The van der Waals surface area contributed by atoms with Gasteiger partial charge in [-0.2, -0.15) is 0 Å². The van der Waals surface area contributed by atoms with Crippen LogP contribution >= 0.6 is 11.8 Å². The van der Waals surface area contributed by atoms with E-state index >= 15 is 0 Å². The molecule has 80 valence electrons. The Morgan fingerprint density at radius 1 is 1.14 bits per heavy atom. The third-order valence-corrected chi connectivity index (χ3v) is 3.42. The number of hydrogen-bond acceptors (Lipinski definition) is 1. The van der Waals surface area contributed by atoms with Gasteiger partial charge in [-0.05, 0) is 18.2 Å². The number of thioether (sulfide) groups is 1. The highest BCUT2D eigenvalue weighted by atomic mass is 32.2. The number of H-pyrrole nitrogens is 1. The molecule has 1 rings (SSSR count). The van der Waals surface area contributed by atoms with Gasteiger partial charge in [-0.15, -0.1) is 11.8 Å². The number of aromatic nitrogens is 1. The highest BCUT2D eigenvalue weighted by molar-refractivity contribution is 7.99. The Labute approximate surface area is 91.7 Å². The molecule has 14 heavy (non-hydrogen) atoms. The maximum Gasteiger partial charge on any atom is 0.0246 e. The first-order chi connectivity index (χ1) is 6.93. The Morgan fingerprint density at radius 2 is 1.93 bits per heavy atom. The van der Waals surface area contributed by atoms with E-state index in [1.54, 1.807) is 0 Å². The lowest BCUT2D eigenvalue weighted by Crippen LogP contribution is -1.81. The summed E-state index contributed by atoms with van der Waals surface area (Å²) in [6.07, 6.45) is 12.4. The topological polar surface area (TPSA) is 15.8 Å². The Bertz CT molecular complexity index is 206. The smallest absolute Gasteiger partial charge is 0.0246 e. The van der Waals surface area contributed by atoms with Gasteiger partial charge in [0.15, 0.2) is 0 Å².